The van der Waals surface area contributed by atoms with Crippen molar-refractivity contribution in [3.05, 3.63) is 72.3 Å². The molecule has 1 saturated heterocycles. The van der Waals surface area contributed by atoms with Gasteiger partial charge in [0.2, 0.25) is 5.82 Å². The number of aliphatic hydroxyl groups excluding tert-OH is 3. The second-order valence-corrected chi connectivity index (χ2v) is 9.24. The first-order valence-corrected chi connectivity index (χ1v) is 11.8. The summed E-state index contributed by atoms with van der Waals surface area (Å²) in [5.74, 6) is 6.47. The quantitative estimate of drug-likeness (QED) is 0.214. The third-order valence-corrected chi connectivity index (χ3v) is 7.02. The van der Waals surface area contributed by atoms with Crippen LogP contribution in [0.5, 0.6) is 0 Å². The molecule has 4 atom stereocenters. The smallest absolute Gasteiger partial charge is 0.209 e. The van der Waals surface area contributed by atoms with Crippen molar-refractivity contribution in [2.24, 2.45) is 0 Å². The molecule has 182 valence electrons. The van der Waals surface area contributed by atoms with E-state index in [1.54, 1.807) is 0 Å². The summed E-state index contributed by atoms with van der Waals surface area (Å²) < 4.78 is 7.10. The van der Waals surface area contributed by atoms with Gasteiger partial charge in [-0.25, -0.2) is 15.0 Å². The number of hydrogen-bond donors (Lipinski definition) is 4. The molecule has 5 N–H and O–H groups in total. The molecule has 6 aromatic rings. The number of imidazole rings is 1. The normalized spacial score (nSPS) is 21.8. The van der Waals surface area contributed by atoms with Gasteiger partial charge in [0.1, 0.15) is 23.8 Å². The first-order chi connectivity index (χ1) is 18.0. The largest absolute Gasteiger partial charge is 0.394 e. The number of aliphatic hydroxyl groups is 3. The lowest BCUT2D eigenvalue weighted by atomic mass is 9.93. The van der Waals surface area contributed by atoms with Crippen molar-refractivity contribution >= 4 is 49.3 Å². The van der Waals surface area contributed by atoms with Crippen molar-refractivity contribution in [2.45, 2.75) is 24.5 Å². The van der Waals surface area contributed by atoms with Crippen LogP contribution < -0.4 is 5.73 Å². The van der Waals surface area contributed by atoms with Gasteiger partial charge in [-0.3, -0.25) is 4.57 Å². The Hall–Kier alpha value is -4.33. The zero-order valence-corrected chi connectivity index (χ0v) is 19.4. The molecule has 0 spiro atoms. The van der Waals surface area contributed by atoms with Crippen molar-refractivity contribution < 1.29 is 20.1 Å². The van der Waals surface area contributed by atoms with Gasteiger partial charge in [-0.15, -0.1) is 0 Å². The van der Waals surface area contributed by atoms with Gasteiger partial charge in [0, 0.05) is 5.56 Å². The van der Waals surface area contributed by atoms with E-state index in [-0.39, 0.29) is 11.6 Å². The van der Waals surface area contributed by atoms with Crippen LogP contribution in [0.25, 0.3) is 43.5 Å². The van der Waals surface area contributed by atoms with Crippen molar-refractivity contribution in [3.63, 3.8) is 0 Å². The van der Waals surface area contributed by atoms with E-state index in [1.807, 2.05) is 12.1 Å². The van der Waals surface area contributed by atoms with E-state index in [0.717, 1.165) is 16.3 Å². The zero-order valence-electron chi connectivity index (χ0n) is 19.4. The first-order valence-electron chi connectivity index (χ1n) is 11.8. The van der Waals surface area contributed by atoms with E-state index in [1.165, 1.54) is 32.4 Å². The topological polar surface area (TPSA) is 140 Å². The highest BCUT2D eigenvalue weighted by Crippen LogP contribution is 2.35. The molecule has 3 heterocycles. The molecule has 2 aromatic heterocycles. The maximum atomic E-state index is 10.4. The second-order valence-electron chi connectivity index (χ2n) is 9.24. The Morgan fingerprint density at radius 3 is 2.24 bits per heavy atom. The molecule has 0 aliphatic carbocycles. The molecule has 9 heteroatoms. The Balaban J connectivity index is 1.31. The van der Waals surface area contributed by atoms with Crippen LogP contribution in [-0.2, 0) is 4.74 Å². The van der Waals surface area contributed by atoms with Gasteiger partial charge in [0.05, 0.1) is 12.9 Å². The fraction of sp³-hybridized carbons (Fsp3) is 0.179. The van der Waals surface area contributed by atoms with E-state index < -0.39 is 31.1 Å². The maximum absolute atomic E-state index is 10.4. The SMILES string of the molecule is Nc1nc(C#Cc2cc3ccc4cccc5ccc(c2)c3c45)nc2c1ncn2[C@@H]1O[C@H](CO)[C@@H](O)[C@H]1O. The highest BCUT2D eigenvalue weighted by atomic mass is 16.6. The number of nitrogens with zero attached hydrogens (tertiary/aromatic N) is 4. The lowest BCUT2D eigenvalue weighted by Gasteiger charge is -2.16. The first kappa shape index (κ1) is 21.9. The van der Waals surface area contributed by atoms with Crippen LogP contribution in [0.4, 0.5) is 5.82 Å². The van der Waals surface area contributed by atoms with Crippen LogP contribution >= 0.6 is 0 Å². The molecule has 0 amide bonds. The minimum atomic E-state index is -1.28. The molecule has 1 fully saturated rings. The summed E-state index contributed by atoms with van der Waals surface area (Å²) >= 11 is 0. The van der Waals surface area contributed by atoms with Crippen LogP contribution in [-0.4, -0.2) is 59.8 Å². The third-order valence-electron chi connectivity index (χ3n) is 7.02. The minimum absolute atomic E-state index is 0.135. The number of rotatable bonds is 2. The molecule has 4 aromatic carbocycles. The predicted octanol–water partition coefficient (Wildman–Crippen LogP) is 2.32. The van der Waals surface area contributed by atoms with Gasteiger partial charge in [0.25, 0.3) is 0 Å². The Morgan fingerprint density at radius 2 is 1.57 bits per heavy atom. The molecule has 0 saturated carbocycles. The monoisotopic (exact) mass is 491 g/mol. The number of fused-ring (bicyclic) bond motifs is 1. The summed E-state index contributed by atoms with van der Waals surface area (Å²) in [7, 11) is 0. The average Bonchev–Trinajstić information content (AvgIpc) is 3.46. The molecule has 37 heavy (non-hydrogen) atoms. The average molecular weight is 492 g/mol. The molecule has 1 aliphatic heterocycles. The fourth-order valence-electron chi connectivity index (χ4n) is 5.24. The summed E-state index contributed by atoms with van der Waals surface area (Å²) in [6, 6.07) is 18.9. The van der Waals surface area contributed by atoms with E-state index >= 15 is 0 Å². The highest BCUT2D eigenvalue weighted by molar-refractivity contribution is 6.23. The molecule has 7 rings (SSSR count). The summed E-state index contributed by atoms with van der Waals surface area (Å²) in [4.78, 5) is 13.0. The molecule has 9 nitrogen and oxygen atoms in total. The van der Waals surface area contributed by atoms with E-state index in [9.17, 15) is 15.3 Å². The number of hydrogen-bond acceptors (Lipinski definition) is 8. The van der Waals surface area contributed by atoms with Gasteiger partial charge in [0.15, 0.2) is 17.7 Å². The van der Waals surface area contributed by atoms with Crippen LogP contribution in [0.3, 0.4) is 0 Å². The summed E-state index contributed by atoms with van der Waals surface area (Å²) in [6.07, 6.45) is -3.03. The van der Waals surface area contributed by atoms with E-state index in [0.29, 0.717) is 11.2 Å². The van der Waals surface area contributed by atoms with Crippen molar-refractivity contribution in [1.29, 1.82) is 0 Å². The molecule has 0 radical (unpaired) electrons. The maximum Gasteiger partial charge on any atom is 0.209 e. The van der Waals surface area contributed by atoms with Gasteiger partial charge < -0.3 is 25.8 Å². The van der Waals surface area contributed by atoms with Gasteiger partial charge >= 0.3 is 0 Å². The zero-order chi connectivity index (χ0) is 25.3. The molecular weight excluding hydrogens is 470 g/mol. The minimum Gasteiger partial charge on any atom is -0.394 e. The van der Waals surface area contributed by atoms with Crippen LogP contribution in [0, 0.1) is 11.8 Å². The summed E-state index contributed by atoms with van der Waals surface area (Å²) in [6.45, 7) is -0.435. The number of nitrogen functional groups attached to an aromatic ring is 1. The Kier molecular flexibility index (Phi) is 4.79. The Morgan fingerprint density at radius 1 is 0.892 bits per heavy atom. The standard InChI is InChI=1S/C28H21N5O4/c29-26-23-27(33(13-30-23)28-25(36)24(35)19(12-34)37-28)32-20(31-26)9-4-14-10-17-7-5-15-2-1-3-16-6-8-18(11-14)22(17)21(15)16/h1-3,5-8,10-11,13,19,24-25,28,34-36H,12H2,(H2,29,31,32)/t19-,24-,25-,28-/m1/s1. The second kappa shape index (κ2) is 8.09. The number of anilines is 1. The Labute approximate surface area is 210 Å². The lowest BCUT2D eigenvalue weighted by Crippen LogP contribution is -2.33. The summed E-state index contributed by atoms with van der Waals surface area (Å²) in [5.41, 5.74) is 7.58. The van der Waals surface area contributed by atoms with Crippen LogP contribution in [0.15, 0.2) is 60.9 Å². The molecular formula is C28H21N5O4. The van der Waals surface area contributed by atoms with E-state index in [2.05, 4.69) is 69.3 Å². The van der Waals surface area contributed by atoms with E-state index in [4.69, 9.17) is 10.5 Å². The molecule has 0 bridgehead atoms. The lowest BCUT2D eigenvalue weighted by molar-refractivity contribution is -0.0511. The number of aromatic nitrogens is 4. The third kappa shape index (κ3) is 3.32. The molecule has 0 unspecified atom stereocenters. The summed E-state index contributed by atoms with van der Waals surface area (Å²) in [5, 5.41) is 37.1. The fourth-order valence-corrected chi connectivity index (χ4v) is 5.24. The number of ether oxygens (including phenoxy) is 1. The van der Waals surface area contributed by atoms with Gasteiger partial charge in [-0.1, -0.05) is 48.4 Å². The van der Waals surface area contributed by atoms with Crippen LogP contribution in [0.1, 0.15) is 17.6 Å². The van der Waals surface area contributed by atoms with Crippen molar-refractivity contribution in [3.8, 4) is 11.8 Å². The van der Waals surface area contributed by atoms with Crippen molar-refractivity contribution in [1.82, 2.24) is 19.5 Å². The van der Waals surface area contributed by atoms with Gasteiger partial charge in [-0.05, 0) is 50.4 Å². The number of benzene rings is 4. The van der Waals surface area contributed by atoms with Gasteiger partial charge in [-0.2, -0.15) is 0 Å². The van der Waals surface area contributed by atoms with Crippen molar-refractivity contribution in [2.75, 3.05) is 12.3 Å². The van der Waals surface area contributed by atoms with Crippen LogP contribution in [0.2, 0.25) is 0 Å². The molecule has 1 aliphatic rings. The predicted molar refractivity (Wildman–Crippen MR) is 139 cm³/mol. The number of nitrogens with two attached hydrogens (primary N) is 1. The Bertz CT molecular complexity index is 1830. The highest BCUT2D eigenvalue weighted by Gasteiger charge is 2.44.